The number of amides is 3. The highest BCUT2D eigenvalue weighted by molar-refractivity contribution is 8.02. The van der Waals surface area contributed by atoms with Crippen molar-refractivity contribution in [3.63, 3.8) is 0 Å². The van der Waals surface area contributed by atoms with Crippen molar-refractivity contribution in [3.8, 4) is 0 Å². The molecule has 1 atom stereocenters. The largest absolute Gasteiger partial charge is 0.333 e. The zero-order valence-corrected chi connectivity index (χ0v) is 16.1. The molecular formula is C16H21N5O2S2. The molecule has 0 unspecified atom stereocenters. The molecule has 0 radical (unpaired) electrons. The fraction of sp³-hybridized carbons (Fsp3) is 0.375. The van der Waals surface area contributed by atoms with Gasteiger partial charge in [-0.25, -0.2) is 4.79 Å². The Morgan fingerprint density at radius 3 is 2.48 bits per heavy atom. The molecule has 1 heterocycles. The monoisotopic (exact) mass is 379 g/mol. The van der Waals surface area contributed by atoms with Crippen molar-refractivity contribution in [2.75, 3.05) is 5.32 Å². The minimum absolute atomic E-state index is 0.375. The van der Waals surface area contributed by atoms with E-state index < -0.39 is 16.8 Å². The molecule has 0 aliphatic carbocycles. The highest BCUT2D eigenvalue weighted by atomic mass is 32.2. The number of nitrogens with one attached hydrogen (secondary N) is 3. The van der Waals surface area contributed by atoms with Crippen LogP contribution in [0, 0.1) is 0 Å². The Labute approximate surface area is 155 Å². The minimum Gasteiger partial charge on any atom is -0.333 e. The molecule has 0 saturated heterocycles. The van der Waals surface area contributed by atoms with E-state index in [1.54, 1.807) is 6.92 Å². The van der Waals surface area contributed by atoms with Gasteiger partial charge in [0, 0.05) is 11.2 Å². The molecule has 9 heteroatoms. The van der Waals surface area contributed by atoms with Crippen molar-refractivity contribution in [2.24, 2.45) is 0 Å². The average molecular weight is 380 g/mol. The summed E-state index contributed by atoms with van der Waals surface area (Å²) in [6, 6.07) is 9.13. The van der Waals surface area contributed by atoms with E-state index in [2.05, 4.69) is 26.1 Å². The van der Waals surface area contributed by atoms with Crippen LogP contribution in [-0.4, -0.2) is 32.9 Å². The summed E-state index contributed by atoms with van der Waals surface area (Å²) in [4.78, 5) is 23.8. The number of benzene rings is 1. The molecule has 3 N–H and O–H groups in total. The predicted molar refractivity (Wildman–Crippen MR) is 101 cm³/mol. The number of thioether (sulfide) groups is 1. The van der Waals surface area contributed by atoms with E-state index in [0.717, 1.165) is 5.69 Å². The van der Waals surface area contributed by atoms with Crippen LogP contribution in [0.15, 0.2) is 34.7 Å². The van der Waals surface area contributed by atoms with Gasteiger partial charge in [0.15, 0.2) is 4.34 Å². The number of para-hydroxylation sites is 1. The second-order valence-electron chi connectivity index (χ2n) is 6.32. The number of imide groups is 1. The van der Waals surface area contributed by atoms with E-state index in [9.17, 15) is 9.59 Å². The van der Waals surface area contributed by atoms with Gasteiger partial charge in [-0.3, -0.25) is 10.1 Å². The quantitative estimate of drug-likeness (QED) is 0.689. The van der Waals surface area contributed by atoms with E-state index in [4.69, 9.17) is 0 Å². The lowest BCUT2D eigenvalue weighted by molar-refractivity contribution is -0.119. The van der Waals surface area contributed by atoms with Gasteiger partial charge in [0.05, 0.1) is 5.25 Å². The number of aromatic nitrogens is 2. The van der Waals surface area contributed by atoms with Gasteiger partial charge in [0.1, 0.15) is 0 Å². The fourth-order valence-electron chi connectivity index (χ4n) is 1.74. The van der Waals surface area contributed by atoms with Crippen molar-refractivity contribution < 1.29 is 9.59 Å². The molecule has 0 spiro atoms. The third-order valence-corrected chi connectivity index (χ3v) is 4.83. The van der Waals surface area contributed by atoms with Gasteiger partial charge in [0.25, 0.3) is 0 Å². The van der Waals surface area contributed by atoms with Crippen LogP contribution in [0.1, 0.15) is 27.7 Å². The molecule has 0 fully saturated rings. The number of hydrogen-bond acceptors (Lipinski definition) is 7. The summed E-state index contributed by atoms with van der Waals surface area (Å²) in [5.41, 5.74) is 0.512. The first kappa shape index (κ1) is 19.2. The summed E-state index contributed by atoms with van der Waals surface area (Å²) in [5.74, 6) is -0.375. The van der Waals surface area contributed by atoms with Crippen LogP contribution in [-0.2, 0) is 4.79 Å². The van der Waals surface area contributed by atoms with Gasteiger partial charge < -0.3 is 10.6 Å². The molecule has 0 saturated carbocycles. The highest BCUT2D eigenvalue weighted by Crippen LogP contribution is 2.30. The molecule has 0 aliphatic rings. The van der Waals surface area contributed by atoms with Crippen LogP contribution in [0.5, 0.6) is 0 Å². The standard InChI is InChI=1S/C16H21N5O2S2/c1-10(12(22)18-13(23)19-16(2,3)4)24-15-21-20-14(25-15)17-11-8-6-5-7-9-11/h5-10H,1-4H3,(H,17,20)(H2,18,19,22,23)/t10-/m1/s1. The van der Waals surface area contributed by atoms with E-state index in [1.165, 1.54) is 23.1 Å². The Balaban J connectivity index is 1.87. The topological polar surface area (TPSA) is 96.0 Å². The molecule has 25 heavy (non-hydrogen) atoms. The van der Waals surface area contributed by atoms with Crippen molar-refractivity contribution in [1.82, 2.24) is 20.8 Å². The summed E-state index contributed by atoms with van der Waals surface area (Å²) >= 11 is 2.61. The van der Waals surface area contributed by atoms with E-state index in [1.807, 2.05) is 51.1 Å². The molecule has 2 rings (SSSR count). The van der Waals surface area contributed by atoms with E-state index in [0.29, 0.717) is 9.47 Å². The molecule has 1 aromatic carbocycles. The lowest BCUT2D eigenvalue weighted by atomic mass is 10.1. The molecule has 1 aromatic heterocycles. The summed E-state index contributed by atoms with van der Waals surface area (Å²) in [7, 11) is 0. The lowest BCUT2D eigenvalue weighted by Gasteiger charge is -2.20. The molecule has 134 valence electrons. The molecule has 0 bridgehead atoms. The van der Waals surface area contributed by atoms with Gasteiger partial charge in [-0.15, -0.1) is 10.2 Å². The lowest BCUT2D eigenvalue weighted by Crippen LogP contribution is -2.49. The summed E-state index contributed by atoms with van der Waals surface area (Å²) in [6.45, 7) is 7.25. The molecule has 7 nitrogen and oxygen atoms in total. The zero-order chi connectivity index (χ0) is 18.4. The first-order valence-electron chi connectivity index (χ1n) is 7.68. The maximum atomic E-state index is 12.1. The first-order chi connectivity index (χ1) is 11.7. The Bertz CT molecular complexity index is 728. The SMILES string of the molecule is C[C@@H](Sc1nnc(Nc2ccccc2)s1)C(=O)NC(=O)NC(C)(C)C. The normalized spacial score (nSPS) is 12.3. The van der Waals surface area contributed by atoms with Crippen LogP contribution in [0.25, 0.3) is 0 Å². The average Bonchev–Trinajstić information content (AvgIpc) is 2.93. The maximum Gasteiger partial charge on any atom is 0.321 e. The Morgan fingerprint density at radius 2 is 1.84 bits per heavy atom. The van der Waals surface area contributed by atoms with Crippen molar-refractivity contribution in [3.05, 3.63) is 30.3 Å². The zero-order valence-electron chi connectivity index (χ0n) is 14.5. The number of anilines is 2. The van der Waals surface area contributed by atoms with Gasteiger partial charge in [-0.05, 0) is 39.8 Å². The molecule has 3 amide bonds. The van der Waals surface area contributed by atoms with Crippen LogP contribution < -0.4 is 16.0 Å². The number of urea groups is 1. The van der Waals surface area contributed by atoms with Crippen molar-refractivity contribution in [2.45, 2.75) is 42.8 Å². The number of nitrogens with zero attached hydrogens (tertiary/aromatic N) is 2. The maximum absolute atomic E-state index is 12.1. The van der Waals surface area contributed by atoms with Crippen LogP contribution >= 0.6 is 23.1 Å². The van der Waals surface area contributed by atoms with Crippen LogP contribution in [0.3, 0.4) is 0 Å². The summed E-state index contributed by atoms with van der Waals surface area (Å²) < 4.78 is 0.650. The fourth-order valence-corrected chi connectivity index (χ4v) is 3.66. The Hall–Kier alpha value is -2.13. The smallest absolute Gasteiger partial charge is 0.321 e. The van der Waals surface area contributed by atoms with E-state index >= 15 is 0 Å². The number of carbonyl (C=O) groups excluding carboxylic acids is 2. The highest BCUT2D eigenvalue weighted by Gasteiger charge is 2.21. The van der Waals surface area contributed by atoms with E-state index in [-0.39, 0.29) is 5.91 Å². The Kier molecular flexibility index (Phi) is 6.38. The third kappa shape index (κ3) is 6.71. The summed E-state index contributed by atoms with van der Waals surface area (Å²) in [5, 5.41) is 16.5. The Morgan fingerprint density at radius 1 is 1.16 bits per heavy atom. The molecule has 0 aliphatic heterocycles. The first-order valence-corrected chi connectivity index (χ1v) is 9.38. The second-order valence-corrected chi connectivity index (χ2v) is 8.88. The minimum atomic E-state index is -0.506. The molecule has 2 aromatic rings. The molecular weight excluding hydrogens is 358 g/mol. The van der Waals surface area contributed by atoms with Crippen molar-refractivity contribution in [1.29, 1.82) is 0 Å². The second kappa shape index (κ2) is 8.30. The van der Waals surface area contributed by atoms with Gasteiger partial charge in [0.2, 0.25) is 11.0 Å². The van der Waals surface area contributed by atoms with Gasteiger partial charge >= 0.3 is 6.03 Å². The number of hydrogen-bond donors (Lipinski definition) is 3. The predicted octanol–water partition coefficient (Wildman–Crippen LogP) is 3.39. The van der Waals surface area contributed by atoms with Crippen molar-refractivity contribution >= 4 is 45.9 Å². The summed E-state index contributed by atoms with van der Waals surface area (Å²) in [6.07, 6.45) is 0. The van der Waals surface area contributed by atoms with Gasteiger partial charge in [-0.2, -0.15) is 0 Å². The van der Waals surface area contributed by atoms with Crippen LogP contribution in [0.2, 0.25) is 0 Å². The van der Waals surface area contributed by atoms with Gasteiger partial charge in [-0.1, -0.05) is 41.3 Å². The third-order valence-electron chi connectivity index (χ3n) is 2.80. The number of carbonyl (C=O) groups is 2. The number of rotatable bonds is 5. The van der Waals surface area contributed by atoms with Crippen LogP contribution in [0.4, 0.5) is 15.6 Å².